The van der Waals surface area contributed by atoms with E-state index in [9.17, 15) is 0 Å². The van der Waals surface area contributed by atoms with Crippen LogP contribution in [0.5, 0.6) is 0 Å². The van der Waals surface area contributed by atoms with Crippen molar-refractivity contribution in [3.05, 3.63) is 24.3 Å². The predicted molar refractivity (Wildman–Crippen MR) is 103 cm³/mol. The molecule has 2 saturated heterocycles. The third-order valence-corrected chi connectivity index (χ3v) is 5.83. The van der Waals surface area contributed by atoms with Crippen LogP contribution in [0.15, 0.2) is 12.7 Å². The summed E-state index contributed by atoms with van der Waals surface area (Å²) in [7, 11) is 2.09. The van der Waals surface area contributed by atoms with Gasteiger partial charge in [0.25, 0.3) is 0 Å². The van der Waals surface area contributed by atoms with Gasteiger partial charge >= 0.3 is 0 Å². The molecule has 0 unspecified atom stereocenters. The van der Waals surface area contributed by atoms with Crippen molar-refractivity contribution in [1.82, 2.24) is 39.6 Å². The average Bonchev–Trinajstić information content (AvgIpc) is 3.36. The van der Waals surface area contributed by atoms with Gasteiger partial charge in [-0.15, -0.1) is 10.2 Å². The number of piperidine rings is 1. The first-order valence-corrected chi connectivity index (χ1v) is 9.87. The first kappa shape index (κ1) is 17.5. The minimum Gasteiger partial charge on any atom is -0.379 e. The SMILES string of the molecule is Cn1c(CN2CCOCC2)nnc1C1CCN(c2ncnc3nc[nH]c23)CC1. The van der Waals surface area contributed by atoms with E-state index in [1.165, 1.54) is 0 Å². The number of rotatable bonds is 4. The van der Waals surface area contributed by atoms with Gasteiger partial charge in [0.2, 0.25) is 0 Å². The molecule has 0 radical (unpaired) electrons. The summed E-state index contributed by atoms with van der Waals surface area (Å²) in [6.45, 7) is 6.22. The zero-order valence-corrected chi connectivity index (χ0v) is 16.1. The van der Waals surface area contributed by atoms with Crippen molar-refractivity contribution >= 4 is 17.0 Å². The number of fused-ring (bicyclic) bond motifs is 1. The third-order valence-electron chi connectivity index (χ3n) is 5.83. The Morgan fingerprint density at radius 2 is 1.89 bits per heavy atom. The van der Waals surface area contributed by atoms with E-state index in [2.05, 4.69) is 51.5 Å². The Balaban J connectivity index is 1.26. The number of hydrogen-bond donors (Lipinski definition) is 1. The number of morpholine rings is 1. The maximum Gasteiger partial charge on any atom is 0.182 e. The molecule has 0 atom stereocenters. The Hall–Kier alpha value is -2.59. The monoisotopic (exact) mass is 383 g/mol. The fourth-order valence-corrected chi connectivity index (χ4v) is 4.17. The van der Waals surface area contributed by atoms with E-state index in [0.717, 1.165) is 81.8 Å². The Morgan fingerprint density at radius 1 is 1.07 bits per heavy atom. The normalized spacial score (nSPS) is 19.5. The highest BCUT2D eigenvalue weighted by atomic mass is 16.5. The van der Waals surface area contributed by atoms with Crippen LogP contribution in [0.2, 0.25) is 0 Å². The lowest BCUT2D eigenvalue weighted by Gasteiger charge is -2.32. The van der Waals surface area contributed by atoms with Crippen molar-refractivity contribution in [2.24, 2.45) is 7.05 Å². The molecule has 3 aromatic heterocycles. The van der Waals surface area contributed by atoms with Gasteiger partial charge in [-0.3, -0.25) is 4.90 Å². The lowest BCUT2D eigenvalue weighted by Crippen LogP contribution is -2.36. The van der Waals surface area contributed by atoms with Crippen LogP contribution >= 0.6 is 0 Å². The summed E-state index contributed by atoms with van der Waals surface area (Å²) >= 11 is 0. The van der Waals surface area contributed by atoms with Crippen LogP contribution in [0, 0.1) is 0 Å². The van der Waals surface area contributed by atoms with E-state index in [1.54, 1.807) is 12.7 Å². The Bertz CT molecular complexity index is 938. The van der Waals surface area contributed by atoms with E-state index in [1.807, 2.05) is 0 Å². The van der Waals surface area contributed by atoms with Crippen LogP contribution in [-0.4, -0.2) is 79.0 Å². The fourth-order valence-electron chi connectivity index (χ4n) is 4.17. The maximum absolute atomic E-state index is 5.43. The summed E-state index contributed by atoms with van der Waals surface area (Å²) in [5.74, 6) is 3.49. The molecule has 2 aliphatic rings. The Labute approximate surface area is 163 Å². The van der Waals surface area contributed by atoms with E-state index < -0.39 is 0 Å². The van der Waals surface area contributed by atoms with E-state index in [4.69, 9.17) is 4.74 Å². The molecule has 10 nitrogen and oxygen atoms in total. The van der Waals surface area contributed by atoms with Gasteiger partial charge < -0.3 is 19.2 Å². The Kier molecular flexibility index (Phi) is 4.65. The number of nitrogens with one attached hydrogen (secondary N) is 1. The summed E-state index contributed by atoms with van der Waals surface area (Å²) in [5, 5.41) is 9.02. The summed E-state index contributed by atoms with van der Waals surface area (Å²) in [6.07, 6.45) is 5.32. The molecule has 2 aliphatic heterocycles. The zero-order valence-electron chi connectivity index (χ0n) is 16.1. The highest BCUT2D eigenvalue weighted by molar-refractivity contribution is 5.82. The Morgan fingerprint density at radius 3 is 2.71 bits per heavy atom. The lowest BCUT2D eigenvalue weighted by atomic mass is 9.96. The molecule has 3 aromatic rings. The number of nitrogens with zero attached hydrogens (tertiary/aromatic N) is 8. The summed E-state index contributed by atoms with van der Waals surface area (Å²) in [6, 6.07) is 0. The topological polar surface area (TPSA) is 101 Å². The van der Waals surface area contributed by atoms with Gasteiger partial charge in [0.05, 0.1) is 26.1 Å². The largest absolute Gasteiger partial charge is 0.379 e. The van der Waals surface area contributed by atoms with Crippen LogP contribution in [0.1, 0.15) is 30.4 Å². The summed E-state index contributed by atoms with van der Waals surface area (Å²) in [4.78, 5) is 20.8. The standard InChI is InChI=1S/C18H25N9O/c1-25-14(10-26-6-8-28-9-7-26)23-24-17(25)13-2-4-27(5-3-13)18-15-16(20-11-19-15)21-12-22-18/h11-13H,2-10H2,1H3,(H,19,20,21,22). The molecule has 0 saturated carbocycles. The molecule has 2 fully saturated rings. The molecule has 5 rings (SSSR count). The van der Waals surface area contributed by atoms with Gasteiger partial charge in [-0.05, 0) is 12.8 Å². The highest BCUT2D eigenvalue weighted by Gasteiger charge is 2.27. The van der Waals surface area contributed by atoms with Crippen LogP contribution in [0.25, 0.3) is 11.2 Å². The molecule has 0 amide bonds. The second-order valence-electron chi connectivity index (χ2n) is 7.48. The third kappa shape index (κ3) is 3.22. The second kappa shape index (κ2) is 7.44. The molecule has 1 N–H and O–H groups in total. The van der Waals surface area contributed by atoms with Gasteiger partial charge in [0, 0.05) is 39.1 Å². The van der Waals surface area contributed by atoms with Gasteiger partial charge in [0.15, 0.2) is 11.5 Å². The van der Waals surface area contributed by atoms with Gasteiger partial charge in [0.1, 0.15) is 23.5 Å². The maximum atomic E-state index is 5.43. The average molecular weight is 383 g/mol. The molecular formula is C18H25N9O. The van der Waals surface area contributed by atoms with Crippen molar-refractivity contribution in [3.63, 3.8) is 0 Å². The number of ether oxygens (including phenoxy) is 1. The molecular weight excluding hydrogens is 358 g/mol. The first-order valence-electron chi connectivity index (χ1n) is 9.87. The van der Waals surface area contributed by atoms with Gasteiger partial charge in [-0.2, -0.15) is 0 Å². The van der Waals surface area contributed by atoms with Crippen LogP contribution < -0.4 is 4.90 Å². The van der Waals surface area contributed by atoms with Crippen molar-refractivity contribution in [1.29, 1.82) is 0 Å². The van der Waals surface area contributed by atoms with Crippen LogP contribution in [0.3, 0.4) is 0 Å². The quantitative estimate of drug-likeness (QED) is 0.703. The smallest absolute Gasteiger partial charge is 0.182 e. The van der Waals surface area contributed by atoms with Gasteiger partial charge in [-0.1, -0.05) is 0 Å². The zero-order chi connectivity index (χ0) is 18.9. The minimum absolute atomic E-state index is 0.422. The highest BCUT2D eigenvalue weighted by Crippen LogP contribution is 2.30. The second-order valence-corrected chi connectivity index (χ2v) is 7.48. The number of hydrogen-bond acceptors (Lipinski definition) is 8. The van der Waals surface area contributed by atoms with Crippen molar-refractivity contribution < 1.29 is 4.74 Å². The molecule has 10 heteroatoms. The van der Waals surface area contributed by atoms with E-state index in [-0.39, 0.29) is 0 Å². The lowest BCUT2D eigenvalue weighted by molar-refractivity contribution is 0.0326. The van der Waals surface area contributed by atoms with Crippen molar-refractivity contribution in [2.45, 2.75) is 25.3 Å². The molecule has 0 aromatic carbocycles. The number of imidazole rings is 1. The predicted octanol–water partition coefficient (Wildman–Crippen LogP) is 0.698. The minimum atomic E-state index is 0.422. The first-order chi connectivity index (χ1) is 13.8. The van der Waals surface area contributed by atoms with E-state index in [0.29, 0.717) is 11.6 Å². The van der Waals surface area contributed by atoms with Crippen LogP contribution in [0.4, 0.5) is 5.82 Å². The number of aromatic nitrogens is 7. The molecule has 0 bridgehead atoms. The number of H-pyrrole nitrogens is 1. The molecule has 5 heterocycles. The molecule has 0 spiro atoms. The van der Waals surface area contributed by atoms with Crippen molar-refractivity contribution in [2.75, 3.05) is 44.3 Å². The summed E-state index contributed by atoms with van der Waals surface area (Å²) < 4.78 is 7.62. The summed E-state index contributed by atoms with van der Waals surface area (Å²) in [5.41, 5.74) is 1.63. The number of aromatic amines is 1. The molecule has 148 valence electrons. The van der Waals surface area contributed by atoms with E-state index >= 15 is 0 Å². The van der Waals surface area contributed by atoms with Crippen molar-refractivity contribution in [3.8, 4) is 0 Å². The molecule has 0 aliphatic carbocycles. The fraction of sp³-hybridized carbons (Fsp3) is 0.611. The molecule has 28 heavy (non-hydrogen) atoms. The van der Waals surface area contributed by atoms with Crippen LogP contribution in [-0.2, 0) is 18.3 Å². The van der Waals surface area contributed by atoms with Gasteiger partial charge in [-0.25, -0.2) is 15.0 Å². The number of anilines is 1.